The molecule has 9 heteroatoms. The van der Waals surface area contributed by atoms with Crippen molar-refractivity contribution in [2.24, 2.45) is 0 Å². The third-order valence-corrected chi connectivity index (χ3v) is 6.80. The molecule has 1 heterocycles. The van der Waals surface area contributed by atoms with Crippen LogP contribution in [0.15, 0.2) is 71.6 Å². The topological polar surface area (TPSA) is 88.6 Å². The number of aromatic nitrogens is 4. The molecule has 4 aromatic rings. The van der Waals surface area contributed by atoms with Crippen LogP contribution < -0.4 is 0 Å². The van der Waals surface area contributed by atoms with Gasteiger partial charge in [0.2, 0.25) is 5.82 Å². The molecule has 1 aromatic heterocycles. The maximum Gasteiger partial charge on any atom is 0.204 e. The first-order valence-electron chi connectivity index (χ1n) is 8.53. The van der Waals surface area contributed by atoms with Gasteiger partial charge in [0.1, 0.15) is 0 Å². The van der Waals surface area contributed by atoms with E-state index in [1.807, 2.05) is 6.07 Å². The second-order valence-electron chi connectivity index (χ2n) is 6.35. The van der Waals surface area contributed by atoms with Crippen molar-refractivity contribution in [1.82, 2.24) is 20.6 Å². The standard InChI is InChI=1S/C20H14Cl2N4O2S/c21-18-9-6-15(11-19(18)22)14-4-7-17(8-5-14)29(27,28)12-13-2-1-3-16(10-13)20-23-25-26-24-20/h1-11H,12H2,(H,23,24,25,26). The van der Waals surface area contributed by atoms with Gasteiger partial charge in [-0.05, 0) is 52.2 Å². The lowest BCUT2D eigenvalue weighted by Gasteiger charge is -2.08. The highest BCUT2D eigenvalue weighted by Crippen LogP contribution is 2.29. The van der Waals surface area contributed by atoms with Crippen LogP contribution >= 0.6 is 23.2 Å². The second-order valence-corrected chi connectivity index (χ2v) is 9.15. The molecular weight excluding hydrogens is 431 g/mol. The zero-order valence-corrected chi connectivity index (χ0v) is 17.2. The smallest absolute Gasteiger partial charge is 0.204 e. The van der Waals surface area contributed by atoms with Gasteiger partial charge in [-0.25, -0.2) is 8.42 Å². The van der Waals surface area contributed by atoms with Crippen LogP contribution in [-0.2, 0) is 15.6 Å². The van der Waals surface area contributed by atoms with E-state index in [0.717, 1.165) is 11.1 Å². The van der Waals surface area contributed by atoms with E-state index in [1.54, 1.807) is 60.7 Å². The van der Waals surface area contributed by atoms with Crippen molar-refractivity contribution < 1.29 is 8.42 Å². The zero-order valence-electron chi connectivity index (χ0n) is 14.9. The molecule has 29 heavy (non-hydrogen) atoms. The Kier molecular flexibility index (Phi) is 5.36. The summed E-state index contributed by atoms with van der Waals surface area (Å²) in [5, 5.41) is 14.7. The molecule has 6 nitrogen and oxygen atoms in total. The number of hydrogen-bond donors (Lipinski definition) is 1. The first-order valence-corrected chi connectivity index (χ1v) is 10.9. The summed E-state index contributed by atoms with van der Waals surface area (Å²) in [6.45, 7) is 0. The monoisotopic (exact) mass is 444 g/mol. The molecule has 0 aliphatic heterocycles. The van der Waals surface area contributed by atoms with Gasteiger partial charge in [0.15, 0.2) is 9.84 Å². The fraction of sp³-hybridized carbons (Fsp3) is 0.0500. The quantitative estimate of drug-likeness (QED) is 0.476. The number of H-pyrrole nitrogens is 1. The first-order chi connectivity index (χ1) is 13.9. The van der Waals surface area contributed by atoms with Crippen LogP contribution in [0.3, 0.4) is 0 Å². The summed E-state index contributed by atoms with van der Waals surface area (Å²) in [6, 6.07) is 19.0. The maximum atomic E-state index is 12.9. The number of rotatable bonds is 5. The van der Waals surface area contributed by atoms with Crippen LogP contribution in [0.25, 0.3) is 22.5 Å². The summed E-state index contributed by atoms with van der Waals surface area (Å²) in [7, 11) is -3.52. The lowest BCUT2D eigenvalue weighted by Crippen LogP contribution is -2.05. The lowest BCUT2D eigenvalue weighted by atomic mass is 10.1. The molecule has 0 bridgehead atoms. The highest BCUT2D eigenvalue weighted by atomic mass is 35.5. The summed E-state index contributed by atoms with van der Waals surface area (Å²) in [5.41, 5.74) is 3.04. The molecule has 0 aliphatic carbocycles. The Hall–Kier alpha value is -2.74. The van der Waals surface area contributed by atoms with Crippen molar-refractivity contribution in [3.63, 3.8) is 0 Å². The fourth-order valence-electron chi connectivity index (χ4n) is 2.92. The van der Waals surface area contributed by atoms with Gasteiger partial charge < -0.3 is 0 Å². The lowest BCUT2D eigenvalue weighted by molar-refractivity contribution is 0.595. The summed E-state index contributed by atoms with van der Waals surface area (Å²) in [5.74, 6) is 0.278. The normalized spacial score (nSPS) is 11.5. The van der Waals surface area contributed by atoms with Gasteiger partial charge in [-0.2, -0.15) is 5.21 Å². The van der Waals surface area contributed by atoms with E-state index >= 15 is 0 Å². The number of aromatic amines is 1. The molecule has 0 saturated carbocycles. The number of tetrazole rings is 1. The number of hydrogen-bond acceptors (Lipinski definition) is 5. The van der Waals surface area contributed by atoms with Crippen LogP contribution in [0.2, 0.25) is 10.0 Å². The van der Waals surface area contributed by atoms with E-state index in [-0.39, 0.29) is 10.6 Å². The third-order valence-electron chi connectivity index (χ3n) is 4.35. The molecule has 0 atom stereocenters. The van der Waals surface area contributed by atoms with Gasteiger partial charge in [0, 0.05) is 5.56 Å². The number of nitrogens with zero attached hydrogens (tertiary/aromatic N) is 3. The Morgan fingerprint density at radius 3 is 2.28 bits per heavy atom. The molecule has 0 spiro atoms. The minimum absolute atomic E-state index is 0.134. The van der Waals surface area contributed by atoms with E-state index in [2.05, 4.69) is 20.6 Å². The van der Waals surface area contributed by atoms with Gasteiger partial charge in [0.25, 0.3) is 0 Å². The molecule has 0 aliphatic rings. The zero-order chi connectivity index (χ0) is 20.4. The Bertz CT molecular complexity index is 1260. The molecule has 0 amide bonds. The Labute approximate surface area is 177 Å². The summed E-state index contributed by atoms with van der Waals surface area (Å²) in [4.78, 5) is 0.242. The molecule has 1 N–H and O–H groups in total. The van der Waals surface area contributed by atoms with Crippen LogP contribution in [0.1, 0.15) is 5.56 Å². The van der Waals surface area contributed by atoms with Crippen molar-refractivity contribution in [2.45, 2.75) is 10.6 Å². The van der Waals surface area contributed by atoms with Crippen LogP contribution in [-0.4, -0.2) is 29.0 Å². The van der Waals surface area contributed by atoms with Crippen LogP contribution in [0.4, 0.5) is 0 Å². The van der Waals surface area contributed by atoms with E-state index in [9.17, 15) is 8.42 Å². The summed E-state index contributed by atoms with van der Waals surface area (Å²) in [6.07, 6.45) is 0. The minimum atomic E-state index is -3.52. The maximum absolute atomic E-state index is 12.9. The van der Waals surface area contributed by atoms with Crippen molar-refractivity contribution in [2.75, 3.05) is 0 Å². The number of halogens is 2. The third kappa shape index (κ3) is 4.32. The molecule has 0 saturated heterocycles. The minimum Gasteiger partial charge on any atom is -0.223 e. The first kappa shape index (κ1) is 19.6. The SMILES string of the molecule is O=S(=O)(Cc1cccc(-c2nn[nH]n2)c1)c1ccc(-c2ccc(Cl)c(Cl)c2)cc1. The van der Waals surface area contributed by atoms with Gasteiger partial charge in [-0.1, -0.05) is 59.6 Å². The summed E-state index contributed by atoms with van der Waals surface area (Å²) >= 11 is 12.0. The van der Waals surface area contributed by atoms with Crippen molar-refractivity contribution >= 4 is 33.0 Å². The van der Waals surface area contributed by atoms with E-state index in [1.165, 1.54) is 0 Å². The van der Waals surface area contributed by atoms with Crippen molar-refractivity contribution in [3.05, 3.63) is 82.3 Å². The highest BCUT2D eigenvalue weighted by Gasteiger charge is 2.16. The van der Waals surface area contributed by atoms with E-state index in [4.69, 9.17) is 23.2 Å². The Morgan fingerprint density at radius 2 is 1.59 bits per heavy atom. The highest BCUT2D eigenvalue weighted by molar-refractivity contribution is 7.90. The average molecular weight is 445 g/mol. The average Bonchev–Trinajstić information content (AvgIpc) is 3.25. The predicted molar refractivity (Wildman–Crippen MR) is 112 cm³/mol. The molecule has 0 radical (unpaired) electrons. The molecule has 0 fully saturated rings. The molecule has 4 rings (SSSR count). The van der Waals surface area contributed by atoms with Crippen LogP contribution in [0, 0.1) is 0 Å². The van der Waals surface area contributed by atoms with E-state index < -0.39 is 9.84 Å². The van der Waals surface area contributed by atoms with Gasteiger partial charge in [0.05, 0.1) is 20.7 Å². The Balaban J connectivity index is 1.58. The number of sulfone groups is 1. The van der Waals surface area contributed by atoms with Gasteiger partial charge in [-0.15, -0.1) is 10.2 Å². The van der Waals surface area contributed by atoms with Gasteiger partial charge in [-0.3, -0.25) is 0 Å². The summed E-state index contributed by atoms with van der Waals surface area (Å²) < 4.78 is 25.7. The van der Waals surface area contributed by atoms with E-state index in [0.29, 0.717) is 27.0 Å². The largest absolute Gasteiger partial charge is 0.223 e. The molecule has 0 unspecified atom stereocenters. The second kappa shape index (κ2) is 7.94. The molecule has 3 aromatic carbocycles. The van der Waals surface area contributed by atoms with Crippen molar-refractivity contribution in [3.8, 4) is 22.5 Å². The predicted octanol–water partition coefficient (Wildman–Crippen LogP) is 4.81. The molecular formula is C20H14Cl2N4O2S. The Morgan fingerprint density at radius 1 is 0.828 bits per heavy atom. The van der Waals surface area contributed by atoms with Crippen LogP contribution in [0.5, 0.6) is 0 Å². The number of benzene rings is 3. The molecule has 146 valence electrons. The van der Waals surface area contributed by atoms with Crippen molar-refractivity contribution in [1.29, 1.82) is 0 Å². The van der Waals surface area contributed by atoms with Gasteiger partial charge >= 0.3 is 0 Å². The fourth-order valence-corrected chi connectivity index (χ4v) is 4.55. The number of nitrogens with one attached hydrogen (secondary N) is 1.